The van der Waals surface area contributed by atoms with Crippen LogP contribution in [0.3, 0.4) is 0 Å². The normalized spacial score (nSPS) is 15.5. The highest BCUT2D eigenvalue weighted by Gasteiger charge is 2.08. The van der Waals surface area contributed by atoms with Gasteiger partial charge in [0.05, 0.1) is 23.6 Å². The molecule has 1 aromatic rings. The molecular formula is C37H47FN4. The van der Waals surface area contributed by atoms with Gasteiger partial charge in [-0.25, -0.2) is 14.4 Å². The van der Waals surface area contributed by atoms with Crippen molar-refractivity contribution in [2.75, 3.05) is 0 Å². The minimum Gasteiger partial charge on any atom is -0.370 e. The van der Waals surface area contributed by atoms with E-state index in [9.17, 15) is 4.39 Å². The number of nitrogens with zero attached hydrogens (tertiary/aromatic N) is 3. The van der Waals surface area contributed by atoms with Crippen LogP contribution in [0.2, 0.25) is 0 Å². The first-order valence-corrected chi connectivity index (χ1v) is 14.4. The monoisotopic (exact) mass is 566 g/mol. The molecule has 0 amide bonds. The van der Waals surface area contributed by atoms with Crippen LogP contribution >= 0.6 is 0 Å². The van der Waals surface area contributed by atoms with Crippen molar-refractivity contribution in [3.63, 3.8) is 0 Å². The third-order valence-electron chi connectivity index (χ3n) is 6.86. The fourth-order valence-electron chi connectivity index (χ4n) is 3.90. The van der Waals surface area contributed by atoms with E-state index in [1.165, 1.54) is 17.8 Å². The summed E-state index contributed by atoms with van der Waals surface area (Å²) >= 11 is 0. The fourth-order valence-corrected chi connectivity index (χ4v) is 3.90. The second-order valence-electron chi connectivity index (χ2n) is 10.0. The zero-order chi connectivity index (χ0) is 31.5. The number of rotatable bonds is 16. The first-order chi connectivity index (χ1) is 20.1. The summed E-state index contributed by atoms with van der Waals surface area (Å²) in [4.78, 5) is 13.4. The van der Waals surface area contributed by atoms with Crippen LogP contribution in [-0.4, -0.2) is 17.0 Å². The molecular weight excluding hydrogens is 519 g/mol. The predicted octanol–water partition coefficient (Wildman–Crippen LogP) is 9.65. The van der Waals surface area contributed by atoms with E-state index in [0.29, 0.717) is 30.4 Å². The molecule has 2 unspecified atom stereocenters. The van der Waals surface area contributed by atoms with Gasteiger partial charge in [-0.2, -0.15) is 0 Å². The third kappa shape index (κ3) is 12.5. The van der Waals surface area contributed by atoms with Crippen molar-refractivity contribution in [3.05, 3.63) is 120 Å². The zero-order valence-electron chi connectivity index (χ0n) is 26.3. The summed E-state index contributed by atoms with van der Waals surface area (Å²) in [7, 11) is 0. The maximum absolute atomic E-state index is 13.5. The third-order valence-corrected chi connectivity index (χ3v) is 6.86. The summed E-state index contributed by atoms with van der Waals surface area (Å²) in [6.07, 6.45) is 24.0. The van der Waals surface area contributed by atoms with Gasteiger partial charge in [0, 0.05) is 30.4 Å². The number of halogens is 1. The Bertz CT molecular complexity index is 1320. The molecule has 0 aliphatic carbocycles. The number of aromatic nitrogens is 1. The van der Waals surface area contributed by atoms with Crippen LogP contribution in [0.5, 0.6) is 0 Å². The van der Waals surface area contributed by atoms with Crippen molar-refractivity contribution >= 4 is 17.6 Å². The number of hydrogen-bond donors (Lipinski definition) is 1. The van der Waals surface area contributed by atoms with Crippen molar-refractivity contribution in [1.29, 1.82) is 0 Å². The van der Waals surface area contributed by atoms with Gasteiger partial charge in [-0.15, -0.1) is 6.42 Å². The van der Waals surface area contributed by atoms with Crippen molar-refractivity contribution in [2.45, 2.75) is 67.3 Å². The summed E-state index contributed by atoms with van der Waals surface area (Å²) in [6, 6.07) is 4.03. The Kier molecular flexibility index (Phi) is 16.8. The molecule has 0 saturated heterocycles. The highest BCUT2D eigenvalue weighted by Crippen LogP contribution is 2.24. The minimum absolute atomic E-state index is 0.0942. The molecule has 1 N–H and O–H groups in total. The molecule has 2 atom stereocenters. The highest BCUT2D eigenvalue weighted by molar-refractivity contribution is 5.80. The highest BCUT2D eigenvalue weighted by atomic mass is 19.1. The van der Waals surface area contributed by atoms with E-state index in [1.807, 2.05) is 44.3 Å². The van der Waals surface area contributed by atoms with Crippen LogP contribution in [0.15, 0.2) is 119 Å². The maximum Gasteiger partial charge on any atom is 0.130 e. The molecule has 0 saturated carbocycles. The number of amidine groups is 1. The first-order valence-electron chi connectivity index (χ1n) is 14.4. The van der Waals surface area contributed by atoms with Crippen molar-refractivity contribution in [3.8, 4) is 12.3 Å². The molecule has 0 aromatic carbocycles. The molecule has 4 nitrogen and oxygen atoms in total. The Labute approximate surface area is 253 Å². The summed E-state index contributed by atoms with van der Waals surface area (Å²) < 4.78 is 13.5. The van der Waals surface area contributed by atoms with Gasteiger partial charge in [0.25, 0.3) is 0 Å². The SMILES string of the molecule is C#CC(=C/N=C(\C)NCc1ccc(/C(C=C)=C/C(C=C)=C(\C)C(C)CCC)nc1)/N=C/C(C)/C(C=C)=C/C=C(/F)CC. The summed E-state index contributed by atoms with van der Waals surface area (Å²) in [5.41, 5.74) is 6.46. The molecule has 5 heteroatoms. The van der Waals surface area contributed by atoms with Gasteiger partial charge in [0.15, 0.2) is 0 Å². The Hall–Kier alpha value is -4.30. The molecule has 42 heavy (non-hydrogen) atoms. The summed E-state index contributed by atoms with van der Waals surface area (Å²) in [6.45, 7) is 24.6. The van der Waals surface area contributed by atoms with Gasteiger partial charge in [-0.1, -0.05) is 89.8 Å². The van der Waals surface area contributed by atoms with Crippen molar-refractivity contribution < 1.29 is 4.39 Å². The van der Waals surface area contributed by atoms with E-state index in [4.69, 9.17) is 6.42 Å². The van der Waals surface area contributed by atoms with E-state index >= 15 is 0 Å². The number of aliphatic imine (C=N–C) groups is 2. The standard InChI is InChI=1S/C37H47FN4/c1-11-17-27(7)29(9)33(13-3)22-34(14-4)37-21-18-31(25-42-37)24-39-30(10)40-26-36(16-6)41-23-28(8)32(12-2)19-20-35(38)15-5/h6,12-14,18-23,25-28H,2-4,11,15,17,24H2,1,5,7-10H3,(H,39,40)/b32-19+,33-29+,34-22+,35-20+,36-26-,41-23+. The average Bonchev–Trinajstić information content (AvgIpc) is 3.00. The van der Waals surface area contributed by atoms with Crippen LogP contribution < -0.4 is 5.32 Å². The maximum atomic E-state index is 13.5. The molecule has 0 aliphatic rings. The predicted molar refractivity (Wildman–Crippen MR) is 182 cm³/mol. The van der Waals surface area contributed by atoms with Crippen LogP contribution in [0.25, 0.3) is 5.57 Å². The summed E-state index contributed by atoms with van der Waals surface area (Å²) in [5.74, 6) is 3.43. The quantitative estimate of drug-likeness (QED) is 0.0937. The second kappa shape index (κ2) is 19.7. The van der Waals surface area contributed by atoms with E-state index in [0.717, 1.165) is 40.8 Å². The first kappa shape index (κ1) is 35.7. The molecule has 0 aliphatic heterocycles. The average molecular weight is 567 g/mol. The number of pyridine rings is 1. The van der Waals surface area contributed by atoms with Gasteiger partial charge in [0.1, 0.15) is 5.70 Å². The molecule has 0 radical (unpaired) electrons. The molecule has 0 bridgehead atoms. The summed E-state index contributed by atoms with van der Waals surface area (Å²) in [5, 5.41) is 3.27. The Morgan fingerprint density at radius 2 is 1.86 bits per heavy atom. The number of terminal acetylenes is 1. The molecule has 0 fully saturated rings. The molecule has 1 rings (SSSR count). The largest absolute Gasteiger partial charge is 0.370 e. The van der Waals surface area contributed by atoms with Gasteiger partial charge < -0.3 is 5.32 Å². The van der Waals surface area contributed by atoms with Gasteiger partial charge in [0.2, 0.25) is 0 Å². The molecule has 1 heterocycles. The number of allylic oxidation sites excluding steroid dienone is 12. The van der Waals surface area contributed by atoms with Crippen LogP contribution in [-0.2, 0) is 6.54 Å². The Morgan fingerprint density at radius 1 is 1.12 bits per heavy atom. The van der Waals surface area contributed by atoms with E-state index in [1.54, 1.807) is 25.3 Å². The van der Waals surface area contributed by atoms with Crippen molar-refractivity contribution in [2.24, 2.45) is 21.8 Å². The van der Waals surface area contributed by atoms with E-state index in [-0.39, 0.29) is 11.7 Å². The Morgan fingerprint density at radius 3 is 2.40 bits per heavy atom. The lowest BCUT2D eigenvalue weighted by Crippen LogP contribution is -2.19. The minimum atomic E-state index is -0.192. The van der Waals surface area contributed by atoms with Crippen LogP contribution in [0.4, 0.5) is 4.39 Å². The smallest absolute Gasteiger partial charge is 0.130 e. The van der Waals surface area contributed by atoms with Crippen LogP contribution in [0.1, 0.15) is 72.1 Å². The second-order valence-corrected chi connectivity index (χ2v) is 10.0. The van der Waals surface area contributed by atoms with Crippen LogP contribution in [0, 0.1) is 24.2 Å². The lowest BCUT2D eigenvalue weighted by Gasteiger charge is -2.14. The molecule has 0 spiro atoms. The number of hydrogen-bond acceptors (Lipinski definition) is 3. The Balaban J connectivity index is 2.94. The van der Waals surface area contributed by atoms with Gasteiger partial charge in [-0.3, -0.25) is 4.98 Å². The molecule has 222 valence electrons. The van der Waals surface area contributed by atoms with Crippen molar-refractivity contribution in [1.82, 2.24) is 10.3 Å². The topological polar surface area (TPSA) is 49.6 Å². The molecule has 1 aromatic heterocycles. The van der Waals surface area contributed by atoms with E-state index < -0.39 is 0 Å². The lowest BCUT2D eigenvalue weighted by atomic mass is 9.92. The number of nitrogens with one attached hydrogen (secondary N) is 1. The lowest BCUT2D eigenvalue weighted by molar-refractivity contribution is 0.599. The van der Waals surface area contributed by atoms with Gasteiger partial charge >= 0.3 is 0 Å². The van der Waals surface area contributed by atoms with Gasteiger partial charge in [-0.05, 0) is 73.5 Å². The zero-order valence-corrected chi connectivity index (χ0v) is 26.3. The fraction of sp³-hybridized carbons (Fsp3) is 0.324. The van der Waals surface area contributed by atoms with E-state index in [2.05, 4.69) is 72.8 Å².